The fraction of sp³-hybridized carbons (Fsp3) is 0.897. The molecule has 212 valence electrons. The molecule has 0 saturated carbocycles. The van der Waals surface area contributed by atoms with Crippen LogP contribution in [0, 0.1) is 0 Å². The maximum atomic E-state index is 12.8. The predicted octanol–water partition coefficient (Wildman–Crippen LogP) is 7.51. The third-order valence-electron chi connectivity index (χ3n) is 6.22. The second-order valence-corrected chi connectivity index (χ2v) is 11.1. The lowest BCUT2D eigenvalue weighted by Gasteiger charge is -2.23. The Morgan fingerprint density at radius 1 is 0.722 bits per heavy atom. The number of rotatable bonds is 23. The summed E-state index contributed by atoms with van der Waals surface area (Å²) >= 11 is 0. The summed E-state index contributed by atoms with van der Waals surface area (Å²) < 4.78 is 5.37. The van der Waals surface area contributed by atoms with Crippen LogP contribution in [0.2, 0.25) is 0 Å². The molecule has 0 aromatic carbocycles. The van der Waals surface area contributed by atoms with Crippen molar-refractivity contribution in [1.29, 1.82) is 0 Å². The Bertz CT molecular complexity index is 575. The molecule has 7 nitrogen and oxygen atoms in total. The highest BCUT2D eigenvalue weighted by molar-refractivity contribution is 5.85. The van der Waals surface area contributed by atoms with Gasteiger partial charge in [0.2, 0.25) is 5.91 Å². The normalized spacial score (nSPS) is 12.2. The fourth-order valence-electron chi connectivity index (χ4n) is 4.17. The first-order valence-electron chi connectivity index (χ1n) is 14.6. The second kappa shape index (κ2) is 22.4. The third kappa shape index (κ3) is 23.9. The summed E-state index contributed by atoms with van der Waals surface area (Å²) in [6.07, 6.45) is 19.4. The van der Waals surface area contributed by atoms with E-state index in [0.717, 1.165) is 57.8 Å². The molecule has 0 fully saturated rings. The Labute approximate surface area is 220 Å². The number of unbranched alkanes of at least 4 members (excludes halogenated alkanes) is 15. The predicted molar refractivity (Wildman–Crippen MR) is 147 cm³/mol. The number of ether oxygens (including phenoxy) is 1. The van der Waals surface area contributed by atoms with E-state index in [2.05, 4.69) is 17.6 Å². The number of amides is 2. The molecule has 0 aliphatic rings. The van der Waals surface area contributed by atoms with Gasteiger partial charge in [-0.3, -0.25) is 9.59 Å². The van der Waals surface area contributed by atoms with Gasteiger partial charge < -0.3 is 20.5 Å². The monoisotopic (exact) mass is 512 g/mol. The van der Waals surface area contributed by atoms with E-state index in [0.29, 0.717) is 13.0 Å². The lowest BCUT2D eigenvalue weighted by Crippen LogP contribution is -2.48. The third-order valence-corrected chi connectivity index (χ3v) is 6.22. The first kappa shape index (κ1) is 34.2. The van der Waals surface area contributed by atoms with Crippen LogP contribution in [-0.2, 0) is 14.3 Å². The van der Waals surface area contributed by atoms with Crippen molar-refractivity contribution in [1.82, 2.24) is 10.6 Å². The van der Waals surface area contributed by atoms with Crippen LogP contribution in [0.25, 0.3) is 0 Å². The van der Waals surface area contributed by atoms with Crippen molar-refractivity contribution in [3.05, 3.63) is 0 Å². The number of aliphatic carboxylic acids is 1. The van der Waals surface area contributed by atoms with Gasteiger partial charge >= 0.3 is 12.1 Å². The smallest absolute Gasteiger partial charge is 0.408 e. The van der Waals surface area contributed by atoms with Gasteiger partial charge in [-0.1, -0.05) is 103 Å². The first-order chi connectivity index (χ1) is 17.2. The zero-order valence-corrected chi connectivity index (χ0v) is 23.8. The summed E-state index contributed by atoms with van der Waals surface area (Å²) in [7, 11) is 0. The quantitative estimate of drug-likeness (QED) is 0.123. The zero-order valence-electron chi connectivity index (χ0n) is 23.8. The van der Waals surface area contributed by atoms with Gasteiger partial charge in [0, 0.05) is 13.0 Å². The zero-order chi connectivity index (χ0) is 27.1. The first-order valence-corrected chi connectivity index (χ1v) is 14.6. The summed E-state index contributed by atoms with van der Waals surface area (Å²) in [6.45, 7) is 8.30. The average molecular weight is 513 g/mol. The minimum absolute atomic E-state index is 0.120. The Balaban J connectivity index is 4.11. The van der Waals surface area contributed by atoms with E-state index in [9.17, 15) is 14.4 Å². The SMILES string of the molecule is CCCCCCCCCCC(NC(=O)OC(C)(C)C)C(=O)NCCCCCCCCCCCC(=O)O. The maximum Gasteiger partial charge on any atom is 0.408 e. The van der Waals surface area contributed by atoms with Gasteiger partial charge in [0.05, 0.1) is 0 Å². The summed E-state index contributed by atoms with van der Waals surface area (Å²) in [4.78, 5) is 35.5. The van der Waals surface area contributed by atoms with E-state index < -0.39 is 23.7 Å². The lowest BCUT2D eigenvalue weighted by atomic mass is 10.0. The summed E-state index contributed by atoms with van der Waals surface area (Å²) in [6, 6.07) is -0.555. The molecule has 1 unspecified atom stereocenters. The molecule has 3 N–H and O–H groups in total. The molecule has 36 heavy (non-hydrogen) atoms. The van der Waals surface area contributed by atoms with Crippen molar-refractivity contribution in [2.45, 2.75) is 161 Å². The molecule has 0 saturated heterocycles. The Kier molecular flexibility index (Phi) is 21.3. The van der Waals surface area contributed by atoms with Crippen LogP contribution in [0.3, 0.4) is 0 Å². The second-order valence-electron chi connectivity index (χ2n) is 11.1. The van der Waals surface area contributed by atoms with E-state index in [1.54, 1.807) is 0 Å². The molecule has 7 heteroatoms. The Morgan fingerprint density at radius 3 is 1.69 bits per heavy atom. The van der Waals surface area contributed by atoms with Gasteiger partial charge in [-0.15, -0.1) is 0 Å². The number of carbonyl (C=O) groups excluding carboxylic acids is 2. The van der Waals surface area contributed by atoms with Crippen molar-refractivity contribution < 1.29 is 24.2 Å². The van der Waals surface area contributed by atoms with Crippen LogP contribution in [0.1, 0.15) is 150 Å². The standard InChI is InChI=1S/C29H56N2O5/c1-5-6-7-8-9-13-16-19-22-25(31-28(35)36-29(2,3)4)27(34)30-24-21-18-15-12-10-11-14-17-20-23-26(32)33/h25H,5-24H2,1-4H3,(H,30,34)(H,31,35)(H,32,33). The number of hydrogen-bond acceptors (Lipinski definition) is 4. The number of carboxylic acid groups (broad SMARTS) is 1. The minimum atomic E-state index is -0.706. The molecular formula is C29H56N2O5. The lowest BCUT2D eigenvalue weighted by molar-refractivity contribution is -0.137. The summed E-state index contributed by atoms with van der Waals surface area (Å²) in [5.41, 5.74) is -0.595. The van der Waals surface area contributed by atoms with Crippen LogP contribution < -0.4 is 10.6 Å². The molecule has 0 aromatic heterocycles. The van der Waals surface area contributed by atoms with Crippen LogP contribution >= 0.6 is 0 Å². The largest absolute Gasteiger partial charge is 0.481 e. The molecule has 0 radical (unpaired) electrons. The molecular weight excluding hydrogens is 456 g/mol. The van der Waals surface area contributed by atoms with Gasteiger partial charge in [0.1, 0.15) is 11.6 Å². The number of nitrogens with one attached hydrogen (secondary N) is 2. The van der Waals surface area contributed by atoms with Crippen LogP contribution in [0.15, 0.2) is 0 Å². The molecule has 0 bridgehead atoms. The van der Waals surface area contributed by atoms with E-state index >= 15 is 0 Å². The molecule has 2 amide bonds. The number of carboxylic acids is 1. The number of hydrogen-bond donors (Lipinski definition) is 3. The fourth-order valence-corrected chi connectivity index (χ4v) is 4.17. The summed E-state index contributed by atoms with van der Waals surface area (Å²) in [5.74, 6) is -0.827. The Morgan fingerprint density at radius 2 is 1.19 bits per heavy atom. The molecule has 0 heterocycles. The molecule has 0 aromatic rings. The molecule has 0 aliphatic heterocycles. The van der Waals surface area contributed by atoms with E-state index in [4.69, 9.17) is 9.84 Å². The van der Waals surface area contributed by atoms with Gasteiger partial charge in [-0.2, -0.15) is 0 Å². The molecule has 0 rings (SSSR count). The van der Waals surface area contributed by atoms with Crippen LogP contribution in [0.5, 0.6) is 0 Å². The summed E-state index contributed by atoms with van der Waals surface area (Å²) in [5, 5.41) is 14.4. The Hall–Kier alpha value is -1.79. The van der Waals surface area contributed by atoms with Gasteiger partial charge in [-0.25, -0.2) is 4.79 Å². The van der Waals surface area contributed by atoms with Gasteiger partial charge in [0.15, 0.2) is 0 Å². The minimum Gasteiger partial charge on any atom is -0.481 e. The molecule has 0 aliphatic carbocycles. The topological polar surface area (TPSA) is 105 Å². The average Bonchev–Trinajstić information content (AvgIpc) is 2.79. The van der Waals surface area contributed by atoms with E-state index in [1.807, 2.05) is 20.8 Å². The molecule has 0 spiro atoms. The van der Waals surface area contributed by atoms with Crippen molar-refractivity contribution in [2.24, 2.45) is 0 Å². The maximum absolute atomic E-state index is 12.8. The van der Waals surface area contributed by atoms with Crippen molar-refractivity contribution in [3.63, 3.8) is 0 Å². The van der Waals surface area contributed by atoms with Crippen molar-refractivity contribution in [3.8, 4) is 0 Å². The highest BCUT2D eigenvalue weighted by Crippen LogP contribution is 2.13. The highest BCUT2D eigenvalue weighted by atomic mass is 16.6. The van der Waals surface area contributed by atoms with Crippen molar-refractivity contribution in [2.75, 3.05) is 6.54 Å². The van der Waals surface area contributed by atoms with Crippen LogP contribution in [0.4, 0.5) is 4.79 Å². The number of alkyl carbamates (subject to hydrolysis) is 1. The van der Waals surface area contributed by atoms with E-state index in [1.165, 1.54) is 51.4 Å². The van der Waals surface area contributed by atoms with Crippen LogP contribution in [-0.4, -0.2) is 41.3 Å². The van der Waals surface area contributed by atoms with Gasteiger partial charge in [0.25, 0.3) is 0 Å². The van der Waals surface area contributed by atoms with Gasteiger partial charge in [-0.05, 0) is 40.0 Å². The number of carbonyl (C=O) groups is 3. The molecule has 1 atom stereocenters. The van der Waals surface area contributed by atoms with Crippen molar-refractivity contribution >= 4 is 18.0 Å². The van der Waals surface area contributed by atoms with E-state index in [-0.39, 0.29) is 12.3 Å². The highest BCUT2D eigenvalue weighted by Gasteiger charge is 2.23.